The van der Waals surface area contributed by atoms with Crippen molar-refractivity contribution in [3.63, 3.8) is 0 Å². The van der Waals surface area contributed by atoms with Crippen molar-refractivity contribution in [2.24, 2.45) is 0 Å². The van der Waals surface area contributed by atoms with Gasteiger partial charge in [0.05, 0.1) is 5.69 Å². The molecular formula is C10H10FN3O2S. The number of nitrogens with two attached hydrogens (primary N) is 1. The number of halogens is 1. The van der Waals surface area contributed by atoms with Crippen LogP contribution in [0.4, 0.5) is 10.2 Å². The van der Waals surface area contributed by atoms with Crippen LogP contribution in [-0.2, 0) is 9.84 Å². The fraction of sp³-hybridized carbons (Fsp3) is 0.100. The number of H-pyrrole nitrogens is 1. The zero-order valence-corrected chi connectivity index (χ0v) is 9.75. The van der Waals surface area contributed by atoms with Crippen LogP contribution >= 0.6 is 0 Å². The van der Waals surface area contributed by atoms with Crippen LogP contribution in [0.25, 0.3) is 11.3 Å². The van der Waals surface area contributed by atoms with Crippen molar-refractivity contribution >= 4 is 15.7 Å². The number of nitrogens with one attached hydrogen (secondary N) is 1. The van der Waals surface area contributed by atoms with Crippen LogP contribution in [0.3, 0.4) is 0 Å². The van der Waals surface area contributed by atoms with Gasteiger partial charge in [-0.25, -0.2) is 12.8 Å². The lowest BCUT2D eigenvalue weighted by atomic mass is 10.1. The number of nitrogens with zero attached hydrogens (tertiary/aromatic N) is 1. The number of anilines is 1. The Kier molecular flexibility index (Phi) is 2.62. The van der Waals surface area contributed by atoms with E-state index >= 15 is 0 Å². The Labute approximate surface area is 97.4 Å². The third-order valence-corrected chi connectivity index (χ3v) is 3.38. The Balaban J connectivity index is 2.75. The monoisotopic (exact) mass is 255 g/mol. The molecule has 7 heteroatoms. The lowest BCUT2D eigenvalue weighted by Gasteiger charge is -2.06. The lowest BCUT2D eigenvalue weighted by molar-refractivity contribution is 0.571. The van der Waals surface area contributed by atoms with E-state index in [0.29, 0.717) is 5.69 Å². The predicted octanol–water partition coefficient (Wildman–Crippen LogP) is 1.20. The minimum atomic E-state index is -3.67. The van der Waals surface area contributed by atoms with Crippen LogP contribution in [0.1, 0.15) is 0 Å². The standard InChI is InChI=1S/C10H10FN3O2S/c1-17(15,16)10-6(3-2-4-7(10)11)8-5-9(12)14-13-8/h2-5H,1H3,(H3,12,13,14). The SMILES string of the molecule is CS(=O)(=O)c1c(F)cccc1-c1cc(N)n[nH]1. The molecule has 1 aromatic heterocycles. The molecule has 0 bridgehead atoms. The van der Waals surface area contributed by atoms with E-state index in [1.807, 2.05) is 0 Å². The first-order valence-corrected chi connectivity index (χ1v) is 6.58. The Morgan fingerprint density at radius 2 is 2.12 bits per heavy atom. The van der Waals surface area contributed by atoms with Gasteiger partial charge in [-0.2, -0.15) is 5.10 Å². The third kappa shape index (κ3) is 2.14. The number of aromatic nitrogens is 2. The second-order valence-electron chi connectivity index (χ2n) is 3.60. The summed E-state index contributed by atoms with van der Waals surface area (Å²) in [4.78, 5) is -0.358. The summed E-state index contributed by atoms with van der Waals surface area (Å²) in [5.74, 6) is -0.582. The number of benzene rings is 1. The van der Waals surface area contributed by atoms with Gasteiger partial charge in [-0.3, -0.25) is 5.10 Å². The third-order valence-electron chi connectivity index (χ3n) is 2.23. The van der Waals surface area contributed by atoms with Crippen LogP contribution in [-0.4, -0.2) is 24.9 Å². The molecule has 0 saturated carbocycles. The lowest BCUT2D eigenvalue weighted by Crippen LogP contribution is -2.03. The zero-order chi connectivity index (χ0) is 12.6. The molecule has 1 heterocycles. The first-order valence-electron chi connectivity index (χ1n) is 4.69. The molecule has 17 heavy (non-hydrogen) atoms. The van der Waals surface area contributed by atoms with Gasteiger partial charge in [-0.05, 0) is 6.07 Å². The number of aromatic amines is 1. The summed E-state index contributed by atoms with van der Waals surface area (Å²) in [7, 11) is -3.67. The summed E-state index contributed by atoms with van der Waals surface area (Å²) in [6.07, 6.45) is 0.953. The second-order valence-corrected chi connectivity index (χ2v) is 5.55. The second kappa shape index (κ2) is 3.85. The normalized spacial score (nSPS) is 11.6. The number of sulfone groups is 1. The van der Waals surface area contributed by atoms with E-state index in [9.17, 15) is 12.8 Å². The van der Waals surface area contributed by atoms with Crippen molar-refractivity contribution in [3.05, 3.63) is 30.1 Å². The molecular weight excluding hydrogens is 245 g/mol. The van der Waals surface area contributed by atoms with Crippen LogP contribution in [0.2, 0.25) is 0 Å². The Bertz CT molecular complexity index is 664. The molecule has 0 unspecified atom stereocenters. The molecule has 0 aliphatic carbocycles. The molecule has 3 N–H and O–H groups in total. The summed E-state index contributed by atoms with van der Waals surface area (Å²) in [6.45, 7) is 0. The highest BCUT2D eigenvalue weighted by Gasteiger charge is 2.20. The molecule has 0 aliphatic heterocycles. The molecule has 0 spiro atoms. The summed E-state index contributed by atoms with van der Waals surface area (Å²) in [6, 6.07) is 5.46. The summed E-state index contributed by atoms with van der Waals surface area (Å²) in [5, 5.41) is 6.24. The quantitative estimate of drug-likeness (QED) is 0.843. The smallest absolute Gasteiger partial charge is 0.179 e. The maximum absolute atomic E-state index is 13.6. The largest absolute Gasteiger partial charge is 0.382 e. The van der Waals surface area contributed by atoms with Gasteiger partial charge in [-0.15, -0.1) is 0 Å². The molecule has 1 aromatic carbocycles. The maximum Gasteiger partial charge on any atom is 0.179 e. The highest BCUT2D eigenvalue weighted by Crippen LogP contribution is 2.28. The highest BCUT2D eigenvalue weighted by molar-refractivity contribution is 7.90. The van der Waals surface area contributed by atoms with E-state index < -0.39 is 15.7 Å². The van der Waals surface area contributed by atoms with Gasteiger partial charge in [0.25, 0.3) is 0 Å². The Hall–Kier alpha value is -1.89. The van der Waals surface area contributed by atoms with E-state index in [0.717, 1.165) is 12.3 Å². The summed E-state index contributed by atoms with van der Waals surface area (Å²) in [5.41, 5.74) is 6.01. The molecule has 0 saturated heterocycles. The van der Waals surface area contributed by atoms with E-state index in [-0.39, 0.29) is 16.3 Å². The van der Waals surface area contributed by atoms with Gasteiger partial charge in [0.2, 0.25) is 0 Å². The Morgan fingerprint density at radius 1 is 1.41 bits per heavy atom. The average Bonchev–Trinajstić information content (AvgIpc) is 2.62. The number of hydrogen-bond donors (Lipinski definition) is 2. The number of hydrogen-bond acceptors (Lipinski definition) is 4. The van der Waals surface area contributed by atoms with Crippen molar-refractivity contribution in [2.75, 3.05) is 12.0 Å². The van der Waals surface area contributed by atoms with Crippen molar-refractivity contribution in [2.45, 2.75) is 4.90 Å². The zero-order valence-electron chi connectivity index (χ0n) is 8.94. The van der Waals surface area contributed by atoms with Crippen molar-refractivity contribution in [1.82, 2.24) is 10.2 Å². The molecule has 0 fully saturated rings. The van der Waals surface area contributed by atoms with E-state index in [1.165, 1.54) is 18.2 Å². The van der Waals surface area contributed by atoms with Gasteiger partial charge < -0.3 is 5.73 Å². The molecule has 0 amide bonds. The van der Waals surface area contributed by atoms with Gasteiger partial charge >= 0.3 is 0 Å². The molecule has 2 aromatic rings. The molecule has 2 rings (SSSR count). The fourth-order valence-corrected chi connectivity index (χ4v) is 2.57. The molecule has 0 aliphatic rings. The maximum atomic E-state index is 13.6. The van der Waals surface area contributed by atoms with E-state index in [1.54, 1.807) is 0 Å². The first kappa shape index (κ1) is 11.6. The van der Waals surface area contributed by atoms with E-state index in [4.69, 9.17) is 5.73 Å². The van der Waals surface area contributed by atoms with Gasteiger partial charge in [0.1, 0.15) is 16.5 Å². The van der Waals surface area contributed by atoms with Crippen molar-refractivity contribution in [3.8, 4) is 11.3 Å². The molecule has 90 valence electrons. The average molecular weight is 255 g/mol. The van der Waals surface area contributed by atoms with Crippen LogP contribution in [0, 0.1) is 5.82 Å². The van der Waals surface area contributed by atoms with Crippen LogP contribution < -0.4 is 5.73 Å². The minimum absolute atomic E-state index is 0.212. The van der Waals surface area contributed by atoms with Gasteiger partial charge in [-0.1, -0.05) is 12.1 Å². The van der Waals surface area contributed by atoms with Crippen molar-refractivity contribution < 1.29 is 12.8 Å². The van der Waals surface area contributed by atoms with Gasteiger partial charge in [0.15, 0.2) is 9.84 Å². The van der Waals surface area contributed by atoms with Crippen molar-refractivity contribution in [1.29, 1.82) is 0 Å². The summed E-state index contributed by atoms with van der Waals surface area (Å²) >= 11 is 0. The van der Waals surface area contributed by atoms with Crippen LogP contribution in [0.5, 0.6) is 0 Å². The topological polar surface area (TPSA) is 88.8 Å². The van der Waals surface area contributed by atoms with Crippen LogP contribution in [0.15, 0.2) is 29.2 Å². The van der Waals surface area contributed by atoms with Gasteiger partial charge in [0, 0.05) is 17.9 Å². The minimum Gasteiger partial charge on any atom is -0.382 e. The Morgan fingerprint density at radius 3 is 2.65 bits per heavy atom. The first-order chi connectivity index (χ1) is 7.89. The fourth-order valence-electron chi connectivity index (χ4n) is 1.57. The number of rotatable bonds is 2. The molecule has 0 atom stereocenters. The van der Waals surface area contributed by atoms with E-state index in [2.05, 4.69) is 10.2 Å². The highest BCUT2D eigenvalue weighted by atomic mass is 32.2. The molecule has 0 radical (unpaired) electrons. The number of nitrogen functional groups attached to an aromatic ring is 1. The molecule has 5 nitrogen and oxygen atoms in total. The predicted molar refractivity (Wildman–Crippen MR) is 61.5 cm³/mol. The summed E-state index contributed by atoms with van der Waals surface area (Å²) < 4.78 is 36.7.